The minimum Gasteiger partial charge on any atom is -0.436 e. The fraction of sp³-hybridized carbons (Fsp3) is 0. The maximum atomic E-state index is 5.70. The van der Waals surface area contributed by atoms with Crippen LogP contribution in [0.5, 0.6) is 0 Å². The second kappa shape index (κ2) is 3.43. The molecular formula is C14H6N2O2. The Kier molecular flexibility index (Phi) is 1.80. The van der Waals surface area contributed by atoms with Crippen LogP contribution in [-0.2, 0) is 0 Å². The van der Waals surface area contributed by atoms with Crippen molar-refractivity contribution in [1.82, 2.24) is 9.97 Å². The molecule has 0 aliphatic carbocycles. The Bertz CT molecular complexity index is 783. The first-order chi connectivity index (χ1) is 8.90. The molecule has 0 aliphatic heterocycles. The Hall–Kier alpha value is -2.62. The van der Waals surface area contributed by atoms with E-state index in [2.05, 4.69) is 22.4 Å². The Labute approximate surface area is 102 Å². The first-order valence-electron chi connectivity index (χ1n) is 5.44. The third-order valence-electron chi connectivity index (χ3n) is 2.76. The van der Waals surface area contributed by atoms with Gasteiger partial charge in [0.2, 0.25) is 5.89 Å². The summed E-state index contributed by atoms with van der Waals surface area (Å²) in [5, 5.41) is 0. The molecule has 4 heteroatoms. The van der Waals surface area contributed by atoms with E-state index in [1.807, 2.05) is 30.3 Å². The Balaban J connectivity index is 1.98. The molecular weight excluding hydrogens is 228 g/mol. The van der Waals surface area contributed by atoms with Crippen LogP contribution in [0, 0.1) is 12.5 Å². The number of fused-ring (bicyclic) bond motifs is 2. The fourth-order valence-corrected chi connectivity index (χ4v) is 1.89. The summed E-state index contributed by atoms with van der Waals surface area (Å²) in [7, 11) is 0. The highest BCUT2D eigenvalue weighted by Gasteiger charge is 2.10. The van der Waals surface area contributed by atoms with E-state index in [1.54, 1.807) is 6.07 Å². The maximum Gasteiger partial charge on any atom is 0.284 e. The Morgan fingerprint density at radius 1 is 1.00 bits per heavy atom. The highest BCUT2D eigenvalue weighted by molar-refractivity contribution is 5.89. The molecule has 2 aromatic heterocycles. The monoisotopic (exact) mass is 234 g/mol. The van der Waals surface area contributed by atoms with Crippen LogP contribution in [0.15, 0.2) is 45.2 Å². The number of rotatable bonds is 1. The van der Waals surface area contributed by atoms with E-state index in [9.17, 15) is 0 Å². The van der Waals surface area contributed by atoms with E-state index in [1.165, 1.54) is 0 Å². The summed E-state index contributed by atoms with van der Waals surface area (Å²) in [4.78, 5) is 8.41. The van der Waals surface area contributed by atoms with Crippen molar-refractivity contribution >= 4 is 22.2 Å². The van der Waals surface area contributed by atoms with Crippen LogP contribution in [0.25, 0.3) is 33.7 Å². The zero-order valence-corrected chi connectivity index (χ0v) is 9.18. The van der Waals surface area contributed by atoms with Gasteiger partial charge in [-0.1, -0.05) is 12.1 Å². The van der Waals surface area contributed by atoms with E-state index in [4.69, 9.17) is 8.83 Å². The quantitative estimate of drug-likeness (QED) is 0.507. The molecule has 0 unspecified atom stereocenters. The molecule has 0 atom stereocenters. The molecule has 2 aromatic carbocycles. The summed E-state index contributed by atoms with van der Waals surface area (Å²) in [6, 6.07) is 14.0. The predicted molar refractivity (Wildman–Crippen MR) is 64.7 cm³/mol. The third kappa shape index (κ3) is 1.32. The second-order valence-corrected chi connectivity index (χ2v) is 3.90. The van der Waals surface area contributed by atoms with E-state index in [0.717, 1.165) is 16.6 Å². The van der Waals surface area contributed by atoms with Gasteiger partial charge in [0.05, 0.1) is 0 Å². The van der Waals surface area contributed by atoms with Crippen LogP contribution in [0.3, 0.4) is 0 Å². The molecule has 2 heterocycles. The Morgan fingerprint density at radius 2 is 1.89 bits per heavy atom. The SMILES string of the molecule is [c]1ccc(-c2nc3cc4n[c]oc4cc3o2)cc1. The molecule has 0 amide bonds. The van der Waals surface area contributed by atoms with Gasteiger partial charge in [0.15, 0.2) is 11.2 Å². The summed E-state index contributed by atoms with van der Waals surface area (Å²) < 4.78 is 10.8. The number of oxazole rings is 2. The van der Waals surface area contributed by atoms with E-state index >= 15 is 0 Å². The molecule has 0 N–H and O–H groups in total. The van der Waals surface area contributed by atoms with Gasteiger partial charge in [-0.05, 0) is 24.3 Å². The zero-order valence-electron chi connectivity index (χ0n) is 9.18. The van der Waals surface area contributed by atoms with Crippen LogP contribution < -0.4 is 0 Å². The smallest absolute Gasteiger partial charge is 0.284 e. The van der Waals surface area contributed by atoms with Crippen molar-refractivity contribution in [2.24, 2.45) is 0 Å². The lowest BCUT2D eigenvalue weighted by Crippen LogP contribution is -1.75. The predicted octanol–water partition coefficient (Wildman–Crippen LogP) is 3.24. The van der Waals surface area contributed by atoms with Gasteiger partial charge >= 0.3 is 0 Å². The standard InChI is InChI=1S/C14H6N2O2/c1-2-4-9(5-3-1)14-16-11-6-10-12(17-8-15-10)7-13(11)18-14/h2-7H. The van der Waals surface area contributed by atoms with Gasteiger partial charge < -0.3 is 8.83 Å². The molecule has 0 spiro atoms. The van der Waals surface area contributed by atoms with Crippen molar-refractivity contribution in [3.8, 4) is 11.5 Å². The van der Waals surface area contributed by atoms with Gasteiger partial charge in [-0.25, -0.2) is 9.97 Å². The number of benzene rings is 2. The zero-order chi connectivity index (χ0) is 11.9. The van der Waals surface area contributed by atoms with Gasteiger partial charge in [-0.2, -0.15) is 0 Å². The lowest BCUT2D eigenvalue weighted by Gasteiger charge is -1.91. The third-order valence-corrected chi connectivity index (χ3v) is 2.76. The minimum absolute atomic E-state index is 0.579. The largest absolute Gasteiger partial charge is 0.436 e. The highest BCUT2D eigenvalue weighted by atomic mass is 16.4. The maximum absolute atomic E-state index is 5.70. The molecule has 0 bridgehead atoms. The van der Waals surface area contributed by atoms with Gasteiger partial charge in [0.25, 0.3) is 6.39 Å². The number of aromatic nitrogens is 2. The highest BCUT2D eigenvalue weighted by Crippen LogP contribution is 2.27. The lowest BCUT2D eigenvalue weighted by atomic mass is 10.2. The van der Waals surface area contributed by atoms with Gasteiger partial charge in [0.1, 0.15) is 11.0 Å². The topological polar surface area (TPSA) is 52.1 Å². The molecule has 0 fully saturated rings. The van der Waals surface area contributed by atoms with E-state index in [-0.39, 0.29) is 0 Å². The average molecular weight is 234 g/mol. The summed E-state index contributed by atoms with van der Waals surface area (Å²) in [6.07, 6.45) is 2.45. The van der Waals surface area contributed by atoms with Crippen LogP contribution in [0.4, 0.5) is 0 Å². The number of nitrogens with zero attached hydrogens (tertiary/aromatic N) is 2. The number of hydrogen-bond donors (Lipinski definition) is 0. The molecule has 4 rings (SSSR count). The molecule has 18 heavy (non-hydrogen) atoms. The molecule has 0 aliphatic rings. The fourth-order valence-electron chi connectivity index (χ4n) is 1.89. The molecule has 2 radical (unpaired) electrons. The summed E-state index contributed by atoms with van der Waals surface area (Å²) in [5.41, 5.74) is 3.72. The first kappa shape index (κ1) is 9.41. The van der Waals surface area contributed by atoms with Crippen LogP contribution in [0.1, 0.15) is 0 Å². The number of hydrogen-bond acceptors (Lipinski definition) is 4. The molecule has 4 aromatic rings. The van der Waals surface area contributed by atoms with Crippen molar-refractivity contribution in [2.75, 3.05) is 0 Å². The van der Waals surface area contributed by atoms with Gasteiger partial charge in [0, 0.05) is 11.6 Å². The van der Waals surface area contributed by atoms with Crippen molar-refractivity contribution < 1.29 is 8.83 Å². The van der Waals surface area contributed by atoms with Crippen LogP contribution >= 0.6 is 0 Å². The molecule has 4 nitrogen and oxygen atoms in total. The van der Waals surface area contributed by atoms with E-state index < -0.39 is 0 Å². The first-order valence-corrected chi connectivity index (χ1v) is 5.44. The van der Waals surface area contributed by atoms with E-state index in [0.29, 0.717) is 17.1 Å². The van der Waals surface area contributed by atoms with Crippen LogP contribution in [0.2, 0.25) is 0 Å². The summed E-state index contributed by atoms with van der Waals surface area (Å²) in [5.74, 6) is 0.579. The normalized spacial score (nSPS) is 11.3. The Morgan fingerprint density at radius 3 is 2.78 bits per heavy atom. The molecule has 0 saturated heterocycles. The summed E-state index contributed by atoms with van der Waals surface area (Å²) >= 11 is 0. The van der Waals surface area contributed by atoms with Gasteiger partial charge in [-0.3, -0.25) is 0 Å². The van der Waals surface area contributed by atoms with Crippen molar-refractivity contribution in [2.45, 2.75) is 0 Å². The minimum atomic E-state index is 0.579. The average Bonchev–Trinajstić information content (AvgIpc) is 3.01. The van der Waals surface area contributed by atoms with Gasteiger partial charge in [-0.15, -0.1) is 0 Å². The summed E-state index contributed by atoms with van der Waals surface area (Å²) in [6.45, 7) is 0. The van der Waals surface area contributed by atoms with Crippen molar-refractivity contribution in [3.05, 3.63) is 48.9 Å². The lowest BCUT2D eigenvalue weighted by molar-refractivity contribution is 0.588. The van der Waals surface area contributed by atoms with Crippen LogP contribution in [-0.4, -0.2) is 9.97 Å². The molecule has 84 valence electrons. The molecule has 0 saturated carbocycles. The second-order valence-electron chi connectivity index (χ2n) is 3.90. The van der Waals surface area contributed by atoms with Crippen molar-refractivity contribution in [1.29, 1.82) is 0 Å². The van der Waals surface area contributed by atoms with Crippen molar-refractivity contribution in [3.63, 3.8) is 0 Å².